The monoisotopic (exact) mass is 362 g/mol. The fourth-order valence-corrected chi connectivity index (χ4v) is 3.26. The SMILES string of the molecule is C=C(C)OC(=O)N1CCC(=Cc2cccc(-c3cccc(CN)c3)c2)CC1. The maximum absolute atomic E-state index is 11.9. The number of carbonyl (C=O) groups excluding carboxylic acids is 1. The second-order valence-electron chi connectivity index (χ2n) is 6.89. The summed E-state index contributed by atoms with van der Waals surface area (Å²) in [6.45, 7) is 7.20. The van der Waals surface area contributed by atoms with Gasteiger partial charge in [0.05, 0.1) is 5.76 Å². The Morgan fingerprint density at radius 2 is 1.81 bits per heavy atom. The number of ether oxygens (including phenoxy) is 1. The van der Waals surface area contributed by atoms with Crippen LogP contribution in [0.25, 0.3) is 17.2 Å². The maximum Gasteiger partial charge on any atom is 0.414 e. The third-order valence-corrected chi connectivity index (χ3v) is 4.68. The van der Waals surface area contributed by atoms with Gasteiger partial charge in [0.1, 0.15) is 0 Å². The molecule has 1 aliphatic rings. The Labute approximate surface area is 160 Å². The molecule has 0 bridgehead atoms. The van der Waals surface area contributed by atoms with Crippen LogP contribution in [0.1, 0.15) is 30.9 Å². The van der Waals surface area contributed by atoms with Crippen LogP contribution in [0.2, 0.25) is 0 Å². The van der Waals surface area contributed by atoms with Gasteiger partial charge in [0.2, 0.25) is 0 Å². The molecule has 3 rings (SSSR count). The summed E-state index contributed by atoms with van der Waals surface area (Å²) in [5.74, 6) is 0.428. The molecule has 1 saturated heterocycles. The van der Waals surface area contributed by atoms with Gasteiger partial charge in [-0.25, -0.2) is 4.79 Å². The minimum Gasteiger partial charge on any atom is -0.416 e. The van der Waals surface area contributed by atoms with Crippen molar-refractivity contribution in [3.05, 3.63) is 77.6 Å². The molecule has 1 amide bonds. The molecule has 0 saturated carbocycles. The van der Waals surface area contributed by atoms with Crippen molar-refractivity contribution in [2.45, 2.75) is 26.3 Å². The lowest BCUT2D eigenvalue weighted by Gasteiger charge is -2.27. The third kappa shape index (κ3) is 5.08. The quantitative estimate of drug-likeness (QED) is 0.782. The number of benzene rings is 2. The standard InChI is InChI=1S/C23H26N2O2/c1-17(2)27-23(26)25-11-9-18(10-12-25)13-19-5-3-7-21(14-19)22-8-4-6-20(15-22)16-24/h3-8,13-15H,1,9-12,16,24H2,2H3. The first-order valence-electron chi connectivity index (χ1n) is 9.26. The minimum atomic E-state index is -0.302. The van der Waals surface area contributed by atoms with Crippen LogP contribution in [0.3, 0.4) is 0 Å². The Hall–Kier alpha value is -2.85. The van der Waals surface area contributed by atoms with E-state index in [0.717, 1.165) is 18.4 Å². The molecule has 0 unspecified atom stereocenters. The van der Waals surface area contributed by atoms with Gasteiger partial charge < -0.3 is 15.4 Å². The zero-order valence-electron chi connectivity index (χ0n) is 15.8. The summed E-state index contributed by atoms with van der Waals surface area (Å²) in [6.07, 6.45) is 3.65. The van der Waals surface area contributed by atoms with E-state index >= 15 is 0 Å². The zero-order chi connectivity index (χ0) is 19.2. The van der Waals surface area contributed by atoms with E-state index in [2.05, 4.69) is 49.1 Å². The van der Waals surface area contributed by atoms with E-state index in [4.69, 9.17) is 10.5 Å². The van der Waals surface area contributed by atoms with E-state index in [9.17, 15) is 4.79 Å². The van der Waals surface area contributed by atoms with E-state index in [0.29, 0.717) is 25.4 Å². The van der Waals surface area contributed by atoms with E-state index in [1.165, 1.54) is 22.3 Å². The van der Waals surface area contributed by atoms with Gasteiger partial charge >= 0.3 is 6.09 Å². The number of rotatable bonds is 4. The van der Waals surface area contributed by atoms with Crippen molar-refractivity contribution in [1.82, 2.24) is 4.90 Å². The second kappa shape index (κ2) is 8.69. The Kier molecular flexibility index (Phi) is 6.09. The summed E-state index contributed by atoms with van der Waals surface area (Å²) in [6, 6.07) is 16.8. The molecule has 2 aromatic carbocycles. The molecule has 0 atom stereocenters. The molecule has 1 aliphatic heterocycles. The Bertz CT molecular complexity index is 860. The first-order valence-corrected chi connectivity index (χ1v) is 9.26. The van der Waals surface area contributed by atoms with E-state index in [1.54, 1.807) is 11.8 Å². The molecule has 0 aliphatic carbocycles. The lowest BCUT2D eigenvalue weighted by Crippen LogP contribution is -2.36. The molecule has 2 aromatic rings. The highest BCUT2D eigenvalue weighted by molar-refractivity contribution is 5.70. The fraction of sp³-hybridized carbons (Fsp3) is 0.261. The molecule has 140 valence electrons. The molecule has 1 heterocycles. The summed E-state index contributed by atoms with van der Waals surface area (Å²) in [5, 5.41) is 0. The van der Waals surface area contributed by atoms with Gasteiger partial charge in [-0.05, 0) is 54.2 Å². The van der Waals surface area contributed by atoms with Gasteiger partial charge in [-0.2, -0.15) is 0 Å². The van der Waals surface area contributed by atoms with Crippen LogP contribution in [-0.4, -0.2) is 24.1 Å². The normalized spacial score (nSPS) is 14.0. The van der Waals surface area contributed by atoms with Crippen molar-refractivity contribution in [2.75, 3.05) is 13.1 Å². The van der Waals surface area contributed by atoms with Crippen molar-refractivity contribution < 1.29 is 9.53 Å². The van der Waals surface area contributed by atoms with Crippen LogP contribution in [0, 0.1) is 0 Å². The van der Waals surface area contributed by atoms with Crippen molar-refractivity contribution >= 4 is 12.2 Å². The largest absolute Gasteiger partial charge is 0.416 e. The van der Waals surface area contributed by atoms with Crippen LogP contribution in [-0.2, 0) is 11.3 Å². The molecule has 1 fully saturated rings. The number of hydrogen-bond donors (Lipinski definition) is 1. The molecule has 4 heteroatoms. The smallest absolute Gasteiger partial charge is 0.414 e. The van der Waals surface area contributed by atoms with Crippen LogP contribution >= 0.6 is 0 Å². The first kappa shape index (κ1) is 18.9. The average molecular weight is 362 g/mol. The molecule has 0 aromatic heterocycles. The molecule has 0 spiro atoms. The number of carbonyl (C=O) groups is 1. The van der Waals surface area contributed by atoms with Gasteiger partial charge in [0.15, 0.2) is 0 Å². The van der Waals surface area contributed by atoms with Gasteiger partial charge in [-0.1, -0.05) is 54.6 Å². The zero-order valence-corrected chi connectivity index (χ0v) is 15.8. The number of nitrogens with two attached hydrogens (primary N) is 1. The van der Waals surface area contributed by atoms with Gasteiger partial charge in [0, 0.05) is 19.6 Å². The highest BCUT2D eigenvalue weighted by atomic mass is 16.6. The lowest BCUT2D eigenvalue weighted by atomic mass is 9.98. The van der Waals surface area contributed by atoms with Crippen LogP contribution < -0.4 is 5.73 Å². The fourth-order valence-electron chi connectivity index (χ4n) is 3.26. The van der Waals surface area contributed by atoms with Crippen molar-refractivity contribution in [1.29, 1.82) is 0 Å². The average Bonchev–Trinajstić information content (AvgIpc) is 2.68. The highest BCUT2D eigenvalue weighted by Gasteiger charge is 2.20. The minimum absolute atomic E-state index is 0.302. The summed E-state index contributed by atoms with van der Waals surface area (Å²) in [7, 11) is 0. The number of hydrogen-bond acceptors (Lipinski definition) is 3. The predicted molar refractivity (Wildman–Crippen MR) is 110 cm³/mol. The Balaban J connectivity index is 1.69. The summed E-state index contributed by atoms with van der Waals surface area (Å²) < 4.78 is 5.09. The van der Waals surface area contributed by atoms with E-state index in [-0.39, 0.29) is 6.09 Å². The van der Waals surface area contributed by atoms with Crippen LogP contribution in [0.4, 0.5) is 4.79 Å². The van der Waals surface area contributed by atoms with E-state index < -0.39 is 0 Å². The topological polar surface area (TPSA) is 55.6 Å². The highest BCUT2D eigenvalue weighted by Crippen LogP contribution is 2.25. The predicted octanol–water partition coefficient (Wildman–Crippen LogP) is 4.96. The third-order valence-electron chi connectivity index (χ3n) is 4.68. The number of nitrogens with zero attached hydrogens (tertiary/aromatic N) is 1. The number of allylic oxidation sites excluding steroid dienone is 1. The van der Waals surface area contributed by atoms with Gasteiger partial charge in [0.25, 0.3) is 0 Å². The molecule has 4 nitrogen and oxygen atoms in total. The number of piperidine rings is 1. The molecule has 0 radical (unpaired) electrons. The molecule has 2 N–H and O–H groups in total. The van der Waals surface area contributed by atoms with Crippen molar-refractivity contribution in [3.63, 3.8) is 0 Å². The number of likely N-dealkylation sites (tertiary alicyclic amines) is 1. The second-order valence-corrected chi connectivity index (χ2v) is 6.89. The van der Waals surface area contributed by atoms with Crippen molar-refractivity contribution in [2.24, 2.45) is 5.73 Å². The van der Waals surface area contributed by atoms with Crippen LogP contribution in [0.15, 0.2) is 66.4 Å². The lowest BCUT2D eigenvalue weighted by molar-refractivity contribution is 0.126. The number of amides is 1. The summed E-state index contributed by atoms with van der Waals surface area (Å²) in [5.41, 5.74) is 11.8. The van der Waals surface area contributed by atoms with Gasteiger partial charge in [-0.15, -0.1) is 0 Å². The Morgan fingerprint density at radius 1 is 1.15 bits per heavy atom. The summed E-state index contributed by atoms with van der Waals surface area (Å²) >= 11 is 0. The van der Waals surface area contributed by atoms with Crippen LogP contribution in [0.5, 0.6) is 0 Å². The molecular formula is C23H26N2O2. The van der Waals surface area contributed by atoms with Crippen molar-refractivity contribution in [3.8, 4) is 11.1 Å². The van der Waals surface area contributed by atoms with Gasteiger partial charge in [-0.3, -0.25) is 0 Å². The molecule has 27 heavy (non-hydrogen) atoms. The maximum atomic E-state index is 11.9. The van der Waals surface area contributed by atoms with E-state index in [1.807, 2.05) is 12.1 Å². The summed E-state index contributed by atoms with van der Waals surface area (Å²) in [4.78, 5) is 13.7. The Morgan fingerprint density at radius 3 is 2.48 bits per heavy atom. The molecular weight excluding hydrogens is 336 g/mol. The first-order chi connectivity index (χ1) is 13.0.